The van der Waals surface area contributed by atoms with Crippen molar-refractivity contribution in [2.24, 2.45) is 11.8 Å². The molecule has 1 aliphatic rings. The second kappa shape index (κ2) is 6.25. The predicted octanol–water partition coefficient (Wildman–Crippen LogP) is 4.03. The van der Waals surface area contributed by atoms with Gasteiger partial charge in [-0.25, -0.2) is 4.98 Å². The lowest BCUT2D eigenvalue weighted by Crippen LogP contribution is -2.24. The van der Waals surface area contributed by atoms with Gasteiger partial charge in [-0.1, -0.05) is 41.5 Å². The summed E-state index contributed by atoms with van der Waals surface area (Å²) in [5.41, 5.74) is 1.36. The Kier molecular flexibility index (Phi) is 4.99. The summed E-state index contributed by atoms with van der Waals surface area (Å²) in [6, 6.07) is 0.508. The first-order valence-corrected chi connectivity index (χ1v) is 8.94. The molecular weight excluding hydrogens is 278 g/mol. The van der Waals surface area contributed by atoms with Crippen molar-refractivity contribution < 1.29 is 0 Å². The zero-order chi connectivity index (χ0) is 15.8. The molecule has 1 heterocycles. The van der Waals surface area contributed by atoms with Gasteiger partial charge in [0.05, 0.1) is 5.69 Å². The van der Waals surface area contributed by atoms with Gasteiger partial charge in [0.1, 0.15) is 0 Å². The van der Waals surface area contributed by atoms with Crippen LogP contribution in [0.2, 0.25) is 0 Å². The van der Waals surface area contributed by atoms with Crippen LogP contribution in [0, 0.1) is 11.8 Å². The Balaban J connectivity index is 2.14. The topological polar surface area (TPSA) is 28.2 Å². The molecule has 0 bridgehead atoms. The molecule has 1 fully saturated rings. The molecule has 0 aromatic carbocycles. The van der Waals surface area contributed by atoms with Crippen LogP contribution >= 0.6 is 11.3 Å². The number of hydrogen-bond acceptors (Lipinski definition) is 4. The highest BCUT2D eigenvalue weighted by Crippen LogP contribution is 2.40. The highest BCUT2D eigenvalue weighted by Gasteiger charge is 2.34. The Morgan fingerprint density at radius 2 is 2.00 bits per heavy atom. The van der Waals surface area contributed by atoms with E-state index in [2.05, 4.69) is 58.8 Å². The van der Waals surface area contributed by atoms with Crippen molar-refractivity contribution in [3.05, 3.63) is 10.6 Å². The van der Waals surface area contributed by atoms with Crippen LogP contribution in [0.25, 0.3) is 0 Å². The lowest BCUT2D eigenvalue weighted by molar-refractivity contribution is 0.545. The first-order chi connectivity index (χ1) is 9.68. The molecule has 2 unspecified atom stereocenters. The third-order valence-corrected chi connectivity index (χ3v) is 5.35. The van der Waals surface area contributed by atoms with E-state index in [9.17, 15) is 0 Å². The van der Waals surface area contributed by atoms with Crippen molar-refractivity contribution in [2.75, 3.05) is 18.5 Å². The maximum Gasteiger partial charge on any atom is 0.185 e. The van der Waals surface area contributed by atoms with Crippen molar-refractivity contribution in [1.82, 2.24) is 10.3 Å². The van der Waals surface area contributed by atoms with Crippen molar-refractivity contribution in [3.63, 3.8) is 0 Å². The van der Waals surface area contributed by atoms with Crippen LogP contribution in [-0.2, 0) is 12.0 Å². The molecule has 0 saturated heterocycles. The lowest BCUT2D eigenvalue weighted by atomic mass is 9.91. The Bertz CT molecular complexity index is 473. The molecule has 3 nitrogen and oxygen atoms in total. The maximum absolute atomic E-state index is 4.97. The molecule has 0 aliphatic heterocycles. The fourth-order valence-electron chi connectivity index (χ4n) is 2.59. The van der Waals surface area contributed by atoms with Gasteiger partial charge in [-0.05, 0) is 18.3 Å². The second-order valence-electron chi connectivity index (χ2n) is 7.91. The van der Waals surface area contributed by atoms with Gasteiger partial charge in [0, 0.05) is 36.5 Å². The van der Waals surface area contributed by atoms with E-state index >= 15 is 0 Å². The average molecular weight is 310 g/mol. The zero-order valence-electron chi connectivity index (χ0n) is 14.7. The zero-order valence-corrected chi connectivity index (χ0v) is 15.5. The van der Waals surface area contributed by atoms with Crippen molar-refractivity contribution in [1.29, 1.82) is 0 Å². The Hall–Kier alpha value is -0.610. The summed E-state index contributed by atoms with van der Waals surface area (Å²) in [7, 11) is 2.19. The van der Waals surface area contributed by atoms with E-state index in [0.29, 0.717) is 6.04 Å². The van der Waals surface area contributed by atoms with Crippen LogP contribution in [0.3, 0.4) is 0 Å². The van der Waals surface area contributed by atoms with E-state index in [1.807, 2.05) is 11.3 Å². The number of nitrogens with zero attached hydrogens (tertiary/aromatic N) is 2. The molecule has 2 atom stereocenters. The summed E-state index contributed by atoms with van der Waals surface area (Å²) in [6.45, 7) is 15.6. The van der Waals surface area contributed by atoms with Crippen LogP contribution in [0.4, 0.5) is 5.13 Å². The van der Waals surface area contributed by atoms with Crippen LogP contribution in [0.15, 0.2) is 0 Å². The second-order valence-corrected chi connectivity index (χ2v) is 8.97. The van der Waals surface area contributed by atoms with Gasteiger partial charge in [-0.2, -0.15) is 0 Å². The van der Waals surface area contributed by atoms with E-state index in [-0.39, 0.29) is 5.41 Å². The highest BCUT2D eigenvalue weighted by molar-refractivity contribution is 7.15. The fraction of sp³-hybridized carbons (Fsp3) is 0.824. The smallest absolute Gasteiger partial charge is 0.185 e. The number of aromatic nitrogens is 1. The summed E-state index contributed by atoms with van der Waals surface area (Å²) in [4.78, 5) is 8.71. The largest absolute Gasteiger partial charge is 0.351 e. The van der Waals surface area contributed by atoms with Gasteiger partial charge in [0.25, 0.3) is 0 Å². The third-order valence-electron chi connectivity index (χ3n) is 4.18. The van der Waals surface area contributed by atoms with Gasteiger partial charge in [-0.15, -0.1) is 11.3 Å². The Morgan fingerprint density at radius 3 is 2.48 bits per heavy atom. The van der Waals surface area contributed by atoms with E-state index in [4.69, 9.17) is 4.98 Å². The molecule has 0 amide bonds. The molecule has 0 spiro atoms. The van der Waals surface area contributed by atoms with Crippen molar-refractivity contribution in [2.45, 2.75) is 66.0 Å². The Morgan fingerprint density at radius 1 is 1.38 bits per heavy atom. The van der Waals surface area contributed by atoms with Gasteiger partial charge in [0.2, 0.25) is 0 Å². The molecule has 1 aromatic rings. The van der Waals surface area contributed by atoms with Crippen LogP contribution in [0.5, 0.6) is 0 Å². The molecule has 120 valence electrons. The van der Waals surface area contributed by atoms with E-state index in [1.54, 1.807) is 0 Å². The lowest BCUT2D eigenvalue weighted by Gasteiger charge is -2.19. The summed E-state index contributed by atoms with van der Waals surface area (Å²) in [5.74, 6) is 1.77. The monoisotopic (exact) mass is 309 g/mol. The molecular formula is C17H31N3S. The van der Waals surface area contributed by atoms with E-state index in [1.165, 1.54) is 22.1 Å². The standard InChI is InChI=1S/C17H31N3S/c1-11(2)18-9-14-15(17(4,5)6)19-16(21-14)20(7)10-13-8-12(13)3/h11-13,18H,8-10H2,1-7H3. The predicted molar refractivity (Wildman–Crippen MR) is 93.3 cm³/mol. The molecule has 1 N–H and O–H groups in total. The minimum atomic E-state index is 0.108. The first kappa shape index (κ1) is 16.8. The molecule has 2 rings (SSSR count). The number of hydrogen-bond donors (Lipinski definition) is 1. The molecule has 1 aliphatic carbocycles. The molecule has 0 radical (unpaired) electrons. The molecule has 4 heteroatoms. The minimum absolute atomic E-state index is 0.108. The van der Waals surface area contributed by atoms with Crippen LogP contribution in [-0.4, -0.2) is 24.6 Å². The third kappa shape index (κ3) is 4.43. The SMILES string of the molecule is CC(C)NCc1sc(N(C)CC2CC2C)nc1C(C)(C)C. The van der Waals surface area contributed by atoms with Crippen LogP contribution < -0.4 is 10.2 Å². The maximum atomic E-state index is 4.97. The van der Waals surface area contributed by atoms with E-state index < -0.39 is 0 Å². The normalized spacial score (nSPS) is 21.9. The van der Waals surface area contributed by atoms with Crippen LogP contribution in [0.1, 0.15) is 58.5 Å². The quantitative estimate of drug-likeness (QED) is 0.860. The summed E-state index contributed by atoms with van der Waals surface area (Å²) in [5, 5.41) is 4.72. The molecule has 21 heavy (non-hydrogen) atoms. The highest BCUT2D eigenvalue weighted by atomic mass is 32.1. The molecule has 1 aromatic heterocycles. The summed E-state index contributed by atoms with van der Waals surface area (Å²) < 4.78 is 0. The van der Waals surface area contributed by atoms with Gasteiger partial charge >= 0.3 is 0 Å². The average Bonchev–Trinajstić information content (AvgIpc) is 2.90. The number of rotatable bonds is 6. The van der Waals surface area contributed by atoms with Gasteiger partial charge < -0.3 is 10.2 Å². The summed E-state index contributed by atoms with van der Waals surface area (Å²) >= 11 is 1.86. The number of anilines is 1. The number of nitrogens with one attached hydrogen (secondary N) is 1. The molecule has 1 saturated carbocycles. The first-order valence-electron chi connectivity index (χ1n) is 8.13. The van der Waals surface area contributed by atoms with Crippen molar-refractivity contribution in [3.8, 4) is 0 Å². The van der Waals surface area contributed by atoms with Gasteiger partial charge in [0.15, 0.2) is 5.13 Å². The Labute approximate surface area is 134 Å². The van der Waals surface area contributed by atoms with Crippen molar-refractivity contribution >= 4 is 16.5 Å². The summed E-state index contributed by atoms with van der Waals surface area (Å²) in [6.07, 6.45) is 1.38. The fourth-order valence-corrected chi connectivity index (χ4v) is 3.78. The van der Waals surface area contributed by atoms with E-state index in [0.717, 1.165) is 24.9 Å². The minimum Gasteiger partial charge on any atom is -0.351 e. The van der Waals surface area contributed by atoms with Gasteiger partial charge in [-0.3, -0.25) is 0 Å². The number of thiazole rings is 1.